The van der Waals surface area contributed by atoms with Crippen LogP contribution in [0.5, 0.6) is 0 Å². The van der Waals surface area contributed by atoms with E-state index in [9.17, 15) is 4.79 Å². The maximum Gasteiger partial charge on any atom is 0.246 e. The smallest absolute Gasteiger partial charge is 0.246 e. The maximum absolute atomic E-state index is 12.3. The highest BCUT2D eigenvalue weighted by Gasteiger charge is 2.25. The zero-order valence-corrected chi connectivity index (χ0v) is 14.2. The summed E-state index contributed by atoms with van der Waals surface area (Å²) in [6.07, 6.45) is 1.51. The number of carbonyl (C=O) groups excluding carboxylic acids is 1. The van der Waals surface area contributed by atoms with E-state index in [1.165, 1.54) is 0 Å². The average Bonchev–Trinajstić information content (AvgIpc) is 2.48. The molecule has 1 aliphatic rings. The molecule has 1 amide bonds. The number of rotatable bonds is 3. The number of nitrogens with one attached hydrogen (secondary N) is 2. The predicted molar refractivity (Wildman–Crippen MR) is 88.0 cm³/mol. The van der Waals surface area contributed by atoms with Crippen LogP contribution in [0.2, 0.25) is 0 Å². The van der Waals surface area contributed by atoms with Crippen molar-refractivity contribution >= 4 is 27.5 Å². The predicted octanol–water partition coefficient (Wildman–Crippen LogP) is 3.58. The van der Waals surface area contributed by atoms with Gasteiger partial charge in [0.05, 0.1) is 0 Å². The first-order valence-electron chi connectivity index (χ1n) is 6.98. The first-order valence-corrected chi connectivity index (χ1v) is 7.78. The number of carbonyl (C=O) groups is 1. The lowest BCUT2D eigenvalue weighted by Gasteiger charge is -2.26. The van der Waals surface area contributed by atoms with E-state index in [-0.39, 0.29) is 17.6 Å². The molecule has 4 nitrogen and oxygen atoms in total. The van der Waals surface area contributed by atoms with E-state index in [0.717, 1.165) is 22.1 Å². The second kappa shape index (κ2) is 6.10. The van der Waals surface area contributed by atoms with Crippen molar-refractivity contribution in [2.45, 2.75) is 45.3 Å². The Labute approximate surface area is 134 Å². The number of halogens is 1. The van der Waals surface area contributed by atoms with E-state index < -0.39 is 0 Å². The lowest BCUT2D eigenvalue weighted by atomic mass is 10.1. The molecule has 1 atom stereocenters. The highest BCUT2D eigenvalue weighted by atomic mass is 79.9. The summed E-state index contributed by atoms with van der Waals surface area (Å²) in [6, 6.07) is 5.54. The third-order valence-corrected chi connectivity index (χ3v) is 3.60. The lowest BCUT2D eigenvalue weighted by Crippen LogP contribution is -2.40. The second-order valence-electron chi connectivity index (χ2n) is 6.16. The zero-order valence-electron chi connectivity index (χ0n) is 12.6. The van der Waals surface area contributed by atoms with Crippen molar-refractivity contribution in [3.05, 3.63) is 40.7 Å². The van der Waals surface area contributed by atoms with Gasteiger partial charge in [0.15, 0.2) is 5.88 Å². The molecule has 1 aromatic carbocycles. The Morgan fingerprint density at radius 2 is 2.19 bits per heavy atom. The first-order chi connectivity index (χ1) is 9.74. The van der Waals surface area contributed by atoms with Gasteiger partial charge in [-0.05, 0) is 64.0 Å². The summed E-state index contributed by atoms with van der Waals surface area (Å²) in [5.74, 6) is 0.365. The molecule has 114 valence electrons. The van der Waals surface area contributed by atoms with Crippen LogP contribution in [0.4, 0.5) is 5.69 Å². The number of benzene rings is 1. The summed E-state index contributed by atoms with van der Waals surface area (Å²) in [6.45, 7) is 9.68. The molecule has 5 heteroatoms. The van der Waals surface area contributed by atoms with Crippen molar-refractivity contribution in [2.75, 3.05) is 5.32 Å². The molecule has 0 fully saturated rings. The van der Waals surface area contributed by atoms with Crippen molar-refractivity contribution in [3.63, 3.8) is 0 Å². The standard InChI is InChI=1S/C16H21BrN2O2/c1-10(21-16(2,3)4)18-14-7-5-11-9-12(17)6-8-13(11)19-15(14)20/h6,8-9,14,18H,1,5,7H2,2-4H3,(H,19,20)/t14-/m0/s1. The van der Waals surface area contributed by atoms with E-state index in [2.05, 4.69) is 33.1 Å². The van der Waals surface area contributed by atoms with Gasteiger partial charge >= 0.3 is 0 Å². The first kappa shape index (κ1) is 15.9. The van der Waals surface area contributed by atoms with Crippen molar-refractivity contribution in [2.24, 2.45) is 0 Å². The highest BCUT2D eigenvalue weighted by Crippen LogP contribution is 2.26. The van der Waals surface area contributed by atoms with Gasteiger partial charge in [-0.25, -0.2) is 0 Å². The fourth-order valence-electron chi connectivity index (χ4n) is 2.27. The van der Waals surface area contributed by atoms with Crippen LogP contribution in [-0.4, -0.2) is 17.6 Å². The summed E-state index contributed by atoms with van der Waals surface area (Å²) in [4.78, 5) is 12.3. The Morgan fingerprint density at radius 3 is 2.86 bits per heavy atom. The second-order valence-corrected chi connectivity index (χ2v) is 7.08. The molecule has 1 aliphatic heterocycles. The number of amides is 1. The number of hydrogen-bond acceptors (Lipinski definition) is 3. The SMILES string of the molecule is C=C(N[C@H]1CCc2cc(Br)ccc2NC1=O)OC(C)(C)C. The van der Waals surface area contributed by atoms with Crippen molar-refractivity contribution in [1.29, 1.82) is 0 Å². The molecule has 0 saturated heterocycles. The van der Waals surface area contributed by atoms with Gasteiger partial charge in [0.1, 0.15) is 11.6 Å². The summed E-state index contributed by atoms with van der Waals surface area (Å²) in [7, 11) is 0. The minimum Gasteiger partial charge on any atom is -0.474 e. The van der Waals surface area contributed by atoms with Crippen LogP contribution in [0.15, 0.2) is 35.1 Å². The van der Waals surface area contributed by atoms with Gasteiger partial charge in [-0.1, -0.05) is 15.9 Å². The van der Waals surface area contributed by atoms with Crippen molar-refractivity contribution < 1.29 is 9.53 Å². The topological polar surface area (TPSA) is 50.4 Å². The van der Waals surface area contributed by atoms with Gasteiger partial charge in [-0.3, -0.25) is 4.79 Å². The van der Waals surface area contributed by atoms with Gasteiger partial charge in [-0.15, -0.1) is 0 Å². The van der Waals surface area contributed by atoms with E-state index >= 15 is 0 Å². The number of ether oxygens (including phenoxy) is 1. The van der Waals surface area contributed by atoms with Gasteiger partial charge in [0.25, 0.3) is 0 Å². The normalized spacial score (nSPS) is 18.3. The lowest BCUT2D eigenvalue weighted by molar-refractivity contribution is -0.118. The van der Waals surface area contributed by atoms with Crippen LogP contribution in [0.25, 0.3) is 0 Å². The Balaban J connectivity index is 2.05. The summed E-state index contributed by atoms with van der Waals surface area (Å²) in [5.41, 5.74) is 1.67. The Kier molecular flexibility index (Phi) is 4.61. The number of anilines is 1. The fraction of sp³-hybridized carbons (Fsp3) is 0.438. The molecule has 0 aromatic heterocycles. The van der Waals surface area contributed by atoms with Gasteiger partial charge in [-0.2, -0.15) is 0 Å². The van der Waals surface area contributed by atoms with E-state index in [1.807, 2.05) is 39.0 Å². The average molecular weight is 353 g/mol. The molecular weight excluding hydrogens is 332 g/mol. The van der Waals surface area contributed by atoms with Gasteiger partial charge in [0, 0.05) is 10.2 Å². The maximum atomic E-state index is 12.3. The molecule has 0 saturated carbocycles. The van der Waals surface area contributed by atoms with Gasteiger partial charge in [0.2, 0.25) is 5.91 Å². The van der Waals surface area contributed by atoms with Crippen molar-refractivity contribution in [1.82, 2.24) is 5.32 Å². The molecule has 0 spiro atoms. The van der Waals surface area contributed by atoms with Crippen LogP contribution in [0.1, 0.15) is 32.8 Å². The molecule has 0 bridgehead atoms. The molecule has 1 heterocycles. The Hall–Kier alpha value is -1.49. The van der Waals surface area contributed by atoms with Crippen LogP contribution in [0, 0.1) is 0 Å². The number of fused-ring (bicyclic) bond motifs is 1. The molecule has 0 unspecified atom stereocenters. The van der Waals surface area contributed by atoms with Crippen molar-refractivity contribution in [3.8, 4) is 0 Å². The molecule has 2 N–H and O–H groups in total. The third-order valence-electron chi connectivity index (χ3n) is 3.11. The van der Waals surface area contributed by atoms with Crippen LogP contribution in [0.3, 0.4) is 0 Å². The quantitative estimate of drug-likeness (QED) is 0.817. The Morgan fingerprint density at radius 1 is 1.48 bits per heavy atom. The highest BCUT2D eigenvalue weighted by molar-refractivity contribution is 9.10. The molecule has 0 radical (unpaired) electrons. The molecule has 2 rings (SSSR count). The summed E-state index contributed by atoms with van der Waals surface area (Å²) in [5, 5.41) is 6.02. The van der Waals surface area contributed by atoms with E-state index in [0.29, 0.717) is 12.3 Å². The van der Waals surface area contributed by atoms with E-state index in [4.69, 9.17) is 4.74 Å². The summed E-state index contributed by atoms with van der Waals surface area (Å²) < 4.78 is 6.65. The van der Waals surface area contributed by atoms with Crippen LogP contribution < -0.4 is 10.6 Å². The van der Waals surface area contributed by atoms with E-state index in [1.54, 1.807) is 0 Å². The molecule has 1 aromatic rings. The largest absolute Gasteiger partial charge is 0.474 e. The molecule has 21 heavy (non-hydrogen) atoms. The van der Waals surface area contributed by atoms with Crippen LogP contribution in [-0.2, 0) is 16.0 Å². The number of aryl methyl sites for hydroxylation is 1. The fourth-order valence-corrected chi connectivity index (χ4v) is 2.68. The molecular formula is C16H21BrN2O2. The third kappa shape index (κ3) is 4.49. The van der Waals surface area contributed by atoms with Gasteiger partial charge < -0.3 is 15.4 Å². The van der Waals surface area contributed by atoms with Crippen LogP contribution >= 0.6 is 15.9 Å². The summed E-state index contributed by atoms with van der Waals surface area (Å²) >= 11 is 3.46. The zero-order chi connectivity index (χ0) is 15.6. The minimum absolute atomic E-state index is 0.0604. The minimum atomic E-state index is -0.342. The monoisotopic (exact) mass is 352 g/mol. The molecule has 0 aliphatic carbocycles. The number of hydrogen-bond donors (Lipinski definition) is 2. The Bertz CT molecular complexity index is 564.